The molecule has 0 fully saturated rings. The molecule has 3 heteroatoms. The zero-order chi connectivity index (χ0) is 10.6. The first-order chi connectivity index (χ1) is 6.61. The van der Waals surface area contributed by atoms with Crippen LogP contribution in [0.15, 0.2) is 24.5 Å². The van der Waals surface area contributed by atoms with Crippen LogP contribution in [-0.4, -0.2) is 16.1 Å². The van der Waals surface area contributed by atoms with Crippen molar-refractivity contribution in [3.8, 4) is 0 Å². The van der Waals surface area contributed by atoms with Gasteiger partial charge in [0.05, 0.1) is 5.92 Å². The van der Waals surface area contributed by atoms with E-state index in [0.717, 1.165) is 12.0 Å². The largest absolute Gasteiger partial charge is 0.481 e. The van der Waals surface area contributed by atoms with E-state index in [9.17, 15) is 4.79 Å². The van der Waals surface area contributed by atoms with Crippen LogP contribution in [0.1, 0.15) is 19.4 Å². The molecular weight excluding hydrogens is 178 g/mol. The number of carbonyl (C=O) groups is 1. The fourth-order valence-corrected chi connectivity index (χ4v) is 1.31. The van der Waals surface area contributed by atoms with E-state index in [1.165, 1.54) is 0 Å². The number of carboxylic acid groups (broad SMARTS) is 1. The molecule has 1 N–H and O–H groups in total. The SMILES string of the molecule is CC(Cc1cccnc1)C(C)C(=O)O. The Kier molecular flexibility index (Phi) is 3.63. The molecule has 0 saturated heterocycles. The molecule has 0 aliphatic rings. The second-order valence-electron chi connectivity index (χ2n) is 3.67. The summed E-state index contributed by atoms with van der Waals surface area (Å²) in [6.07, 6.45) is 4.27. The Morgan fingerprint density at radius 2 is 2.29 bits per heavy atom. The van der Waals surface area contributed by atoms with Gasteiger partial charge in [0.15, 0.2) is 0 Å². The van der Waals surface area contributed by atoms with E-state index in [1.54, 1.807) is 19.3 Å². The maximum absolute atomic E-state index is 10.7. The summed E-state index contributed by atoms with van der Waals surface area (Å²) in [6.45, 7) is 3.69. The van der Waals surface area contributed by atoms with Crippen molar-refractivity contribution in [1.29, 1.82) is 0 Å². The number of pyridine rings is 1. The summed E-state index contributed by atoms with van der Waals surface area (Å²) in [5.74, 6) is -0.909. The number of hydrogen-bond acceptors (Lipinski definition) is 2. The second kappa shape index (κ2) is 4.74. The molecule has 0 radical (unpaired) electrons. The standard InChI is InChI=1S/C11H15NO2/c1-8(9(2)11(13)14)6-10-4-3-5-12-7-10/h3-5,7-9H,6H2,1-2H3,(H,13,14). The molecule has 2 unspecified atom stereocenters. The van der Waals surface area contributed by atoms with Crippen LogP contribution in [0.3, 0.4) is 0 Å². The summed E-state index contributed by atoms with van der Waals surface area (Å²) in [7, 11) is 0. The highest BCUT2D eigenvalue weighted by Crippen LogP contribution is 2.16. The molecule has 14 heavy (non-hydrogen) atoms. The highest BCUT2D eigenvalue weighted by molar-refractivity contribution is 5.69. The lowest BCUT2D eigenvalue weighted by molar-refractivity contribution is -0.142. The summed E-state index contributed by atoms with van der Waals surface area (Å²) in [4.78, 5) is 14.7. The summed E-state index contributed by atoms with van der Waals surface area (Å²) < 4.78 is 0. The van der Waals surface area contributed by atoms with Gasteiger partial charge in [-0.1, -0.05) is 19.9 Å². The molecule has 0 amide bonds. The first-order valence-electron chi connectivity index (χ1n) is 4.73. The third-order valence-corrected chi connectivity index (χ3v) is 2.52. The lowest BCUT2D eigenvalue weighted by Gasteiger charge is -2.15. The van der Waals surface area contributed by atoms with E-state index in [2.05, 4.69) is 4.98 Å². The number of aliphatic carboxylic acids is 1. The predicted octanol–water partition coefficient (Wildman–Crippen LogP) is 1.98. The van der Waals surface area contributed by atoms with Gasteiger partial charge in [0, 0.05) is 12.4 Å². The molecule has 0 aromatic carbocycles. The Morgan fingerprint density at radius 1 is 1.57 bits per heavy atom. The van der Waals surface area contributed by atoms with E-state index in [-0.39, 0.29) is 11.8 Å². The third kappa shape index (κ3) is 2.83. The molecule has 2 atom stereocenters. The van der Waals surface area contributed by atoms with Crippen LogP contribution < -0.4 is 0 Å². The van der Waals surface area contributed by atoms with Gasteiger partial charge in [-0.25, -0.2) is 0 Å². The Bertz CT molecular complexity index is 297. The average Bonchev–Trinajstić information content (AvgIpc) is 2.18. The van der Waals surface area contributed by atoms with Crippen molar-refractivity contribution < 1.29 is 9.90 Å². The van der Waals surface area contributed by atoms with Crippen LogP contribution in [0, 0.1) is 11.8 Å². The Labute approximate surface area is 83.8 Å². The number of carboxylic acids is 1. The minimum atomic E-state index is -0.735. The monoisotopic (exact) mass is 193 g/mol. The summed E-state index contributed by atoms with van der Waals surface area (Å²) >= 11 is 0. The minimum Gasteiger partial charge on any atom is -0.481 e. The first-order valence-corrected chi connectivity index (χ1v) is 4.73. The Hall–Kier alpha value is -1.38. The van der Waals surface area contributed by atoms with Gasteiger partial charge in [0.1, 0.15) is 0 Å². The lowest BCUT2D eigenvalue weighted by atomic mass is 9.90. The van der Waals surface area contributed by atoms with Gasteiger partial charge in [0.25, 0.3) is 0 Å². The smallest absolute Gasteiger partial charge is 0.306 e. The Morgan fingerprint density at radius 3 is 2.79 bits per heavy atom. The third-order valence-electron chi connectivity index (χ3n) is 2.52. The molecule has 1 heterocycles. The number of rotatable bonds is 4. The zero-order valence-electron chi connectivity index (χ0n) is 8.47. The van der Waals surface area contributed by atoms with Crippen molar-refractivity contribution >= 4 is 5.97 Å². The molecule has 1 aromatic heterocycles. The number of nitrogens with zero attached hydrogens (tertiary/aromatic N) is 1. The maximum atomic E-state index is 10.7. The molecule has 0 bridgehead atoms. The van der Waals surface area contributed by atoms with Gasteiger partial charge in [-0.3, -0.25) is 9.78 Å². The molecule has 0 saturated carbocycles. The highest BCUT2D eigenvalue weighted by atomic mass is 16.4. The maximum Gasteiger partial charge on any atom is 0.306 e. The van der Waals surface area contributed by atoms with Crippen molar-refractivity contribution in [3.63, 3.8) is 0 Å². The summed E-state index contributed by atoms with van der Waals surface area (Å²) in [6, 6.07) is 3.84. The summed E-state index contributed by atoms with van der Waals surface area (Å²) in [5, 5.41) is 8.81. The fourth-order valence-electron chi connectivity index (χ4n) is 1.31. The van der Waals surface area contributed by atoms with E-state index in [0.29, 0.717) is 0 Å². The van der Waals surface area contributed by atoms with Crippen LogP contribution >= 0.6 is 0 Å². The van der Waals surface area contributed by atoms with Gasteiger partial charge in [-0.05, 0) is 24.0 Å². The van der Waals surface area contributed by atoms with Gasteiger partial charge in [0.2, 0.25) is 0 Å². The Balaban J connectivity index is 2.57. The van der Waals surface area contributed by atoms with Crippen molar-refractivity contribution in [2.24, 2.45) is 11.8 Å². The minimum absolute atomic E-state index is 0.136. The van der Waals surface area contributed by atoms with Crippen molar-refractivity contribution in [2.45, 2.75) is 20.3 Å². The van der Waals surface area contributed by atoms with Crippen molar-refractivity contribution in [3.05, 3.63) is 30.1 Å². The number of hydrogen-bond donors (Lipinski definition) is 1. The van der Waals surface area contributed by atoms with Crippen molar-refractivity contribution in [2.75, 3.05) is 0 Å². The van der Waals surface area contributed by atoms with E-state index >= 15 is 0 Å². The zero-order valence-corrected chi connectivity index (χ0v) is 8.47. The predicted molar refractivity (Wildman–Crippen MR) is 53.9 cm³/mol. The lowest BCUT2D eigenvalue weighted by Crippen LogP contribution is -2.19. The van der Waals surface area contributed by atoms with E-state index < -0.39 is 5.97 Å². The van der Waals surface area contributed by atoms with Gasteiger partial charge >= 0.3 is 5.97 Å². The molecule has 0 aliphatic heterocycles. The van der Waals surface area contributed by atoms with Crippen LogP contribution in [0.2, 0.25) is 0 Å². The van der Waals surface area contributed by atoms with Gasteiger partial charge in [-0.15, -0.1) is 0 Å². The topological polar surface area (TPSA) is 50.2 Å². The van der Waals surface area contributed by atoms with E-state index in [4.69, 9.17) is 5.11 Å². The van der Waals surface area contributed by atoms with Crippen LogP contribution in [0.4, 0.5) is 0 Å². The molecular formula is C11H15NO2. The van der Waals surface area contributed by atoms with E-state index in [1.807, 2.05) is 19.1 Å². The molecule has 1 rings (SSSR count). The molecule has 3 nitrogen and oxygen atoms in total. The number of aromatic nitrogens is 1. The fraction of sp³-hybridized carbons (Fsp3) is 0.455. The molecule has 0 aliphatic carbocycles. The van der Waals surface area contributed by atoms with Crippen LogP contribution in [0.5, 0.6) is 0 Å². The highest BCUT2D eigenvalue weighted by Gasteiger charge is 2.19. The van der Waals surface area contributed by atoms with Crippen LogP contribution in [-0.2, 0) is 11.2 Å². The van der Waals surface area contributed by atoms with Gasteiger partial charge < -0.3 is 5.11 Å². The summed E-state index contributed by atoms with van der Waals surface area (Å²) in [5.41, 5.74) is 1.09. The normalized spacial score (nSPS) is 14.7. The van der Waals surface area contributed by atoms with Crippen molar-refractivity contribution in [1.82, 2.24) is 4.98 Å². The van der Waals surface area contributed by atoms with Gasteiger partial charge in [-0.2, -0.15) is 0 Å². The first kappa shape index (κ1) is 10.7. The average molecular weight is 193 g/mol. The molecule has 0 spiro atoms. The molecule has 76 valence electrons. The molecule has 1 aromatic rings. The second-order valence-corrected chi connectivity index (χ2v) is 3.67. The van der Waals surface area contributed by atoms with Crippen LogP contribution in [0.25, 0.3) is 0 Å². The quantitative estimate of drug-likeness (QED) is 0.795.